The van der Waals surface area contributed by atoms with E-state index in [1.807, 2.05) is 84.6 Å². The fraction of sp³-hybridized carbons (Fsp3) is 0.206. The van der Waals surface area contributed by atoms with Crippen molar-refractivity contribution in [3.05, 3.63) is 106 Å². The van der Waals surface area contributed by atoms with Crippen LogP contribution in [0.1, 0.15) is 15.9 Å². The highest BCUT2D eigenvalue weighted by Gasteiger charge is 2.63. The average molecular weight is 801 g/mol. The second kappa shape index (κ2) is 14.3. The molecule has 0 saturated carbocycles. The van der Waals surface area contributed by atoms with Gasteiger partial charge in [0, 0.05) is 35.1 Å². The minimum absolute atomic E-state index is 0.252. The summed E-state index contributed by atoms with van der Waals surface area (Å²) in [6, 6.07) is 26.1. The van der Waals surface area contributed by atoms with Crippen molar-refractivity contribution in [2.24, 2.45) is 0 Å². The number of aromatic nitrogens is 8. The second-order valence-electron chi connectivity index (χ2n) is 12.5. The van der Waals surface area contributed by atoms with Gasteiger partial charge in [0.2, 0.25) is 9.54 Å². The van der Waals surface area contributed by atoms with E-state index in [1.54, 1.807) is 28.9 Å². The molecule has 0 radical (unpaired) electrons. The Morgan fingerprint density at radius 1 is 0.778 bits per heavy atom. The van der Waals surface area contributed by atoms with Gasteiger partial charge in [0.1, 0.15) is 9.74 Å². The Morgan fingerprint density at radius 3 is 1.91 bits per heavy atom. The number of aromatic amines is 2. The second-order valence-corrected chi connectivity index (χ2v) is 15.8. The molecule has 2 aliphatic rings. The van der Waals surface area contributed by atoms with Gasteiger partial charge in [0.15, 0.2) is 0 Å². The molecule has 6 N–H and O–H groups in total. The molecule has 0 saturated heterocycles. The van der Waals surface area contributed by atoms with Crippen LogP contribution in [0.15, 0.2) is 94.7 Å². The van der Waals surface area contributed by atoms with Crippen molar-refractivity contribution >= 4 is 76.6 Å². The van der Waals surface area contributed by atoms with Crippen molar-refractivity contribution in [1.29, 1.82) is 0 Å². The molecule has 4 heterocycles. The van der Waals surface area contributed by atoms with Crippen LogP contribution in [-0.2, 0) is 11.4 Å². The normalized spacial score (nSPS) is 18.8. The number of benzene rings is 4. The Labute approximate surface area is 326 Å². The van der Waals surface area contributed by atoms with Gasteiger partial charge in [-0.25, -0.2) is 9.36 Å². The summed E-state index contributed by atoms with van der Waals surface area (Å²) in [6.07, 6.45) is 0. The molecule has 54 heavy (non-hydrogen) atoms. The number of likely N-dealkylation sites (N-methyl/N-ethyl adjacent to an activating group) is 2. The predicted molar refractivity (Wildman–Crippen MR) is 210 cm³/mol. The number of tetrazole rings is 2. The van der Waals surface area contributed by atoms with Gasteiger partial charge in [0.25, 0.3) is 5.91 Å². The Kier molecular flexibility index (Phi) is 9.50. The van der Waals surface area contributed by atoms with Gasteiger partial charge in [0.05, 0.1) is 48.3 Å². The molecule has 20 heteroatoms. The van der Waals surface area contributed by atoms with Crippen molar-refractivity contribution < 1.29 is 19.8 Å². The summed E-state index contributed by atoms with van der Waals surface area (Å²) in [7, 11) is 3.81. The number of carbonyl (C=O) groups is 1. The number of carbonyl (C=O) groups excluding carboxylic acids is 1. The minimum atomic E-state index is -1.03. The molecule has 8 rings (SSSR count). The van der Waals surface area contributed by atoms with Crippen LogP contribution in [0.2, 0.25) is 0 Å². The first-order chi connectivity index (χ1) is 26.2. The van der Waals surface area contributed by atoms with Crippen LogP contribution in [0.5, 0.6) is 0 Å². The van der Waals surface area contributed by atoms with Crippen molar-refractivity contribution in [3.63, 3.8) is 0 Å². The van der Waals surface area contributed by atoms with Crippen molar-refractivity contribution in [1.82, 2.24) is 40.4 Å². The molecule has 0 aliphatic carbocycles. The van der Waals surface area contributed by atoms with Crippen LogP contribution in [-0.4, -0.2) is 93.6 Å². The van der Waals surface area contributed by atoms with Gasteiger partial charge in [-0.3, -0.25) is 15.1 Å². The Hall–Kier alpha value is -5.09. The fourth-order valence-corrected chi connectivity index (χ4v) is 10.2. The summed E-state index contributed by atoms with van der Waals surface area (Å²) in [6.45, 7) is -0.303. The number of aliphatic hydroxyl groups excluding tert-OH is 2. The summed E-state index contributed by atoms with van der Waals surface area (Å²) in [5, 5.41) is 45.9. The zero-order valence-corrected chi connectivity index (χ0v) is 31.9. The number of thioether (sulfide) groups is 2. The number of amides is 1. The molecule has 2 aromatic heterocycles. The predicted octanol–water partition coefficient (Wildman–Crippen LogP) is 4.92. The summed E-state index contributed by atoms with van der Waals surface area (Å²) >= 11 is 13.4. The fourth-order valence-electron chi connectivity index (χ4n) is 6.67. The van der Waals surface area contributed by atoms with Gasteiger partial charge in [-0.2, -0.15) is 10.4 Å². The highest BCUT2D eigenvalue weighted by molar-refractivity contribution is 8.05. The Balaban J connectivity index is 0.988. The first kappa shape index (κ1) is 35.9. The highest BCUT2D eigenvalue weighted by Crippen LogP contribution is 2.63. The number of rotatable bonds is 11. The number of fused-ring (bicyclic) bond motifs is 2. The zero-order valence-electron chi connectivity index (χ0n) is 28.6. The lowest BCUT2D eigenvalue weighted by Gasteiger charge is -2.51. The molecule has 2 unspecified atom stereocenters. The minimum Gasteiger partial charge on any atom is -0.393 e. The van der Waals surface area contributed by atoms with Gasteiger partial charge in [-0.15, -0.1) is 0 Å². The monoisotopic (exact) mass is 800 g/mol. The molecule has 2 atom stereocenters. The maximum atomic E-state index is 13.5. The maximum absolute atomic E-state index is 13.5. The molecule has 276 valence electrons. The van der Waals surface area contributed by atoms with E-state index in [9.17, 15) is 15.0 Å². The number of hydrogen-bond donors (Lipinski definition) is 6. The SMILES string of the molecule is CN1c2cc(CONc3cccc(-n4[nH]nnc4=S)c3)ccc2SC1(CO)C1(CO)Sc2ccc(C(=O)Nc3cccc(-n4[nH]nnc4=S)c3)cc2N1C. The van der Waals surface area contributed by atoms with Crippen LogP contribution < -0.4 is 20.6 Å². The average Bonchev–Trinajstić information content (AvgIpc) is 3.96. The molecule has 6 aromatic rings. The Morgan fingerprint density at radius 2 is 1.33 bits per heavy atom. The third-order valence-electron chi connectivity index (χ3n) is 9.49. The molecule has 16 nitrogen and oxygen atoms in total. The topological polar surface area (TPSA) is 190 Å². The van der Waals surface area contributed by atoms with E-state index in [1.165, 1.54) is 28.2 Å². The van der Waals surface area contributed by atoms with E-state index in [-0.39, 0.29) is 30.5 Å². The van der Waals surface area contributed by atoms with Crippen LogP contribution in [0.3, 0.4) is 0 Å². The lowest BCUT2D eigenvalue weighted by Crippen LogP contribution is -2.67. The zero-order chi connectivity index (χ0) is 37.6. The first-order valence-electron chi connectivity index (χ1n) is 16.4. The molecule has 2 aliphatic heterocycles. The molecule has 0 bridgehead atoms. The quantitative estimate of drug-likeness (QED) is 0.0765. The molecule has 1 amide bonds. The highest BCUT2D eigenvalue weighted by atomic mass is 32.2. The van der Waals surface area contributed by atoms with Crippen molar-refractivity contribution in [2.45, 2.75) is 26.1 Å². The van der Waals surface area contributed by atoms with E-state index in [4.69, 9.17) is 29.3 Å². The van der Waals surface area contributed by atoms with Crippen LogP contribution in [0.25, 0.3) is 11.4 Å². The number of anilines is 4. The van der Waals surface area contributed by atoms with E-state index in [0.29, 0.717) is 27.4 Å². The van der Waals surface area contributed by atoms with Gasteiger partial charge in [-0.05, 0) is 96.7 Å². The Bertz CT molecular complexity index is 2500. The van der Waals surface area contributed by atoms with Crippen LogP contribution in [0.4, 0.5) is 22.7 Å². The number of nitrogens with one attached hydrogen (secondary N) is 4. The maximum Gasteiger partial charge on any atom is 0.255 e. The first-order valence-corrected chi connectivity index (χ1v) is 18.9. The van der Waals surface area contributed by atoms with Crippen LogP contribution in [0, 0.1) is 9.54 Å². The van der Waals surface area contributed by atoms with E-state index >= 15 is 0 Å². The molecule has 4 aromatic carbocycles. The lowest BCUT2D eigenvalue weighted by molar-refractivity contribution is 0.102. The summed E-state index contributed by atoms with van der Waals surface area (Å²) in [4.78, 5) is 23.2. The smallest absolute Gasteiger partial charge is 0.255 e. The molecule has 0 spiro atoms. The van der Waals surface area contributed by atoms with Gasteiger partial charge in [-0.1, -0.05) is 62.3 Å². The number of aliphatic hydroxyl groups is 2. The standard InChI is InChI=1S/C34H32N12O4S4/c1-43-26-13-20(17-50-38-23-6-4-8-25(16-23)46-32(52)37-40-42-46)9-11-28(26)53-33(43,18-47)34(19-48)44(2)27-14-21(10-12-29(27)54-34)30(49)35-22-5-3-7-24(15-22)45-31(51)36-39-41-45/h3-16,38,47-48H,17-19H2,1-2H3,(H,35,49)(H,36,41,51)(H,37,42,52). The largest absolute Gasteiger partial charge is 0.393 e. The summed E-state index contributed by atoms with van der Waals surface area (Å²) in [5.74, 6) is -0.311. The summed E-state index contributed by atoms with van der Waals surface area (Å²) < 4.78 is 3.68. The van der Waals surface area contributed by atoms with Crippen molar-refractivity contribution in [2.75, 3.05) is 47.9 Å². The lowest BCUT2D eigenvalue weighted by atomic mass is 10.0. The van der Waals surface area contributed by atoms with E-state index in [0.717, 1.165) is 32.4 Å². The van der Waals surface area contributed by atoms with E-state index in [2.05, 4.69) is 41.8 Å². The summed E-state index contributed by atoms with van der Waals surface area (Å²) in [5.41, 5.74) is 8.67. The van der Waals surface area contributed by atoms with Crippen LogP contribution >= 0.6 is 48.0 Å². The van der Waals surface area contributed by atoms with Gasteiger partial charge >= 0.3 is 0 Å². The number of H-pyrrole nitrogens is 2. The molecule has 0 fully saturated rings. The third kappa shape index (κ3) is 6.04. The number of hydrogen-bond acceptors (Lipinski definition) is 15. The van der Waals surface area contributed by atoms with Gasteiger partial charge < -0.3 is 25.3 Å². The third-order valence-corrected chi connectivity index (χ3v) is 13.4. The van der Waals surface area contributed by atoms with E-state index < -0.39 is 9.74 Å². The number of nitrogens with zero attached hydrogens (tertiary/aromatic N) is 8. The van der Waals surface area contributed by atoms with Crippen molar-refractivity contribution in [3.8, 4) is 11.4 Å². The molecular formula is C34H32N12O4S4. The molecular weight excluding hydrogens is 769 g/mol.